The second kappa shape index (κ2) is 7.74. The number of amides is 1. The molecule has 1 rings (SSSR count). The van der Waals surface area contributed by atoms with Crippen LogP contribution >= 0.6 is 0 Å². The van der Waals surface area contributed by atoms with Gasteiger partial charge < -0.3 is 15.5 Å². The average Bonchev–Trinajstić information content (AvgIpc) is 2.80. The van der Waals surface area contributed by atoms with Crippen molar-refractivity contribution in [1.82, 2.24) is 15.5 Å². The van der Waals surface area contributed by atoms with Crippen LogP contribution in [0.2, 0.25) is 0 Å². The van der Waals surface area contributed by atoms with Crippen molar-refractivity contribution in [3.63, 3.8) is 0 Å². The minimum atomic E-state index is -0.0839. The molecule has 18 heavy (non-hydrogen) atoms. The predicted octanol–water partition coefficient (Wildman–Crippen LogP) is 1.08. The summed E-state index contributed by atoms with van der Waals surface area (Å²) in [5.41, 5.74) is 0. The molecular formula is C14H29N3O. The van der Waals surface area contributed by atoms with E-state index in [0.29, 0.717) is 11.8 Å². The number of rotatable bonds is 7. The number of carbonyl (C=O) groups is 1. The lowest BCUT2D eigenvalue weighted by molar-refractivity contribution is -0.122. The van der Waals surface area contributed by atoms with E-state index < -0.39 is 0 Å². The Hall–Kier alpha value is -0.610. The molecule has 0 bridgehead atoms. The molecule has 0 saturated carbocycles. The molecule has 0 aromatic heterocycles. The molecule has 4 heteroatoms. The minimum Gasteiger partial charge on any atom is -0.354 e. The van der Waals surface area contributed by atoms with Crippen molar-refractivity contribution in [3.05, 3.63) is 0 Å². The monoisotopic (exact) mass is 255 g/mol. The van der Waals surface area contributed by atoms with Crippen LogP contribution in [0, 0.1) is 11.8 Å². The van der Waals surface area contributed by atoms with Crippen molar-refractivity contribution in [2.45, 2.75) is 40.2 Å². The first-order valence-corrected chi connectivity index (χ1v) is 7.26. The number of hydrogen-bond acceptors (Lipinski definition) is 3. The van der Waals surface area contributed by atoms with Crippen LogP contribution in [0.5, 0.6) is 0 Å². The Morgan fingerprint density at radius 1 is 1.39 bits per heavy atom. The molecule has 1 aliphatic rings. The van der Waals surface area contributed by atoms with Crippen LogP contribution < -0.4 is 10.6 Å². The lowest BCUT2D eigenvalue weighted by atomic mass is 10.1. The van der Waals surface area contributed by atoms with E-state index in [-0.39, 0.29) is 11.9 Å². The van der Waals surface area contributed by atoms with E-state index in [1.165, 1.54) is 19.5 Å². The van der Waals surface area contributed by atoms with E-state index in [0.717, 1.165) is 19.6 Å². The van der Waals surface area contributed by atoms with Crippen LogP contribution in [0.4, 0.5) is 0 Å². The molecule has 2 N–H and O–H groups in total. The zero-order valence-corrected chi connectivity index (χ0v) is 12.3. The maximum atomic E-state index is 11.8. The van der Waals surface area contributed by atoms with Crippen LogP contribution in [0.25, 0.3) is 0 Å². The number of nitrogens with one attached hydrogen (secondary N) is 2. The van der Waals surface area contributed by atoms with Gasteiger partial charge in [-0.05, 0) is 44.8 Å². The molecule has 1 heterocycles. The Labute approximate surface area is 111 Å². The molecule has 0 aromatic rings. The van der Waals surface area contributed by atoms with Crippen molar-refractivity contribution in [3.8, 4) is 0 Å². The highest BCUT2D eigenvalue weighted by Gasteiger charge is 2.22. The van der Waals surface area contributed by atoms with Crippen molar-refractivity contribution in [1.29, 1.82) is 0 Å². The van der Waals surface area contributed by atoms with Gasteiger partial charge in [0.2, 0.25) is 5.91 Å². The first kappa shape index (κ1) is 15.4. The summed E-state index contributed by atoms with van der Waals surface area (Å²) in [7, 11) is 0. The first-order valence-electron chi connectivity index (χ1n) is 7.26. The molecular weight excluding hydrogens is 226 g/mol. The molecule has 106 valence electrons. The van der Waals surface area contributed by atoms with E-state index in [1.54, 1.807) is 0 Å². The molecule has 0 aliphatic carbocycles. The van der Waals surface area contributed by atoms with Crippen LogP contribution in [0.15, 0.2) is 0 Å². The standard InChI is InChI=1S/C14H29N3O/c1-5-17-7-6-13(10-17)9-15-12(4)14(18)16-8-11(2)3/h11-13,15H,5-10H2,1-4H3,(H,16,18). The summed E-state index contributed by atoms with van der Waals surface area (Å²) in [4.78, 5) is 14.3. The number of likely N-dealkylation sites (tertiary alicyclic amines) is 1. The van der Waals surface area contributed by atoms with Gasteiger partial charge in [0.15, 0.2) is 0 Å². The molecule has 0 spiro atoms. The van der Waals surface area contributed by atoms with E-state index in [4.69, 9.17) is 0 Å². The smallest absolute Gasteiger partial charge is 0.236 e. The second-order valence-corrected chi connectivity index (χ2v) is 5.82. The molecule has 2 unspecified atom stereocenters. The van der Waals surface area contributed by atoms with E-state index in [2.05, 4.69) is 36.3 Å². The molecule has 1 fully saturated rings. The van der Waals surface area contributed by atoms with Gasteiger partial charge in [-0.15, -0.1) is 0 Å². The fraction of sp³-hybridized carbons (Fsp3) is 0.929. The fourth-order valence-electron chi connectivity index (χ4n) is 2.26. The zero-order chi connectivity index (χ0) is 13.5. The molecule has 1 saturated heterocycles. The molecule has 2 atom stereocenters. The van der Waals surface area contributed by atoms with Crippen LogP contribution in [-0.2, 0) is 4.79 Å². The van der Waals surface area contributed by atoms with Gasteiger partial charge in [-0.25, -0.2) is 0 Å². The topological polar surface area (TPSA) is 44.4 Å². The van der Waals surface area contributed by atoms with Crippen molar-refractivity contribution in [2.75, 3.05) is 32.7 Å². The fourth-order valence-corrected chi connectivity index (χ4v) is 2.26. The summed E-state index contributed by atoms with van der Waals surface area (Å²) >= 11 is 0. The first-order chi connectivity index (χ1) is 8.52. The average molecular weight is 255 g/mol. The number of hydrogen-bond donors (Lipinski definition) is 2. The van der Waals surface area contributed by atoms with Crippen LogP contribution in [0.1, 0.15) is 34.1 Å². The summed E-state index contributed by atoms with van der Waals surface area (Å²) in [6.07, 6.45) is 1.25. The van der Waals surface area contributed by atoms with Gasteiger partial charge >= 0.3 is 0 Å². The Bertz CT molecular complexity index is 255. The van der Waals surface area contributed by atoms with Gasteiger partial charge in [0.25, 0.3) is 0 Å². The molecule has 4 nitrogen and oxygen atoms in total. The molecule has 1 aliphatic heterocycles. The Morgan fingerprint density at radius 3 is 2.67 bits per heavy atom. The van der Waals surface area contributed by atoms with Gasteiger partial charge in [0, 0.05) is 13.1 Å². The lowest BCUT2D eigenvalue weighted by Gasteiger charge is -2.18. The van der Waals surface area contributed by atoms with Gasteiger partial charge in [-0.1, -0.05) is 20.8 Å². The Morgan fingerprint density at radius 2 is 2.11 bits per heavy atom. The quantitative estimate of drug-likeness (QED) is 0.715. The Kier molecular flexibility index (Phi) is 6.65. The van der Waals surface area contributed by atoms with Gasteiger partial charge in [0.1, 0.15) is 0 Å². The maximum absolute atomic E-state index is 11.8. The third-order valence-corrected chi connectivity index (χ3v) is 3.61. The highest BCUT2D eigenvalue weighted by molar-refractivity contribution is 5.81. The second-order valence-electron chi connectivity index (χ2n) is 5.82. The molecule has 1 amide bonds. The largest absolute Gasteiger partial charge is 0.354 e. The van der Waals surface area contributed by atoms with Gasteiger partial charge in [-0.3, -0.25) is 4.79 Å². The summed E-state index contributed by atoms with van der Waals surface area (Å²) in [6, 6.07) is -0.0839. The highest BCUT2D eigenvalue weighted by Crippen LogP contribution is 2.14. The number of carbonyl (C=O) groups excluding carboxylic acids is 1. The SMILES string of the molecule is CCN1CCC(CNC(C)C(=O)NCC(C)C)C1. The van der Waals surface area contributed by atoms with E-state index in [1.807, 2.05) is 6.92 Å². The van der Waals surface area contributed by atoms with Gasteiger partial charge in [-0.2, -0.15) is 0 Å². The zero-order valence-electron chi connectivity index (χ0n) is 12.3. The summed E-state index contributed by atoms with van der Waals surface area (Å²) in [5, 5.41) is 6.32. The normalized spacial score (nSPS) is 22.4. The summed E-state index contributed by atoms with van der Waals surface area (Å²) < 4.78 is 0. The van der Waals surface area contributed by atoms with Crippen LogP contribution in [0.3, 0.4) is 0 Å². The third kappa shape index (κ3) is 5.36. The maximum Gasteiger partial charge on any atom is 0.236 e. The molecule has 0 radical (unpaired) electrons. The van der Waals surface area contributed by atoms with Crippen molar-refractivity contribution < 1.29 is 4.79 Å². The molecule has 0 aromatic carbocycles. The Balaban J connectivity index is 2.16. The van der Waals surface area contributed by atoms with Gasteiger partial charge in [0.05, 0.1) is 6.04 Å². The third-order valence-electron chi connectivity index (χ3n) is 3.61. The predicted molar refractivity (Wildman–Crippen MR) is 75.5 cm³/mol. The van der Waals surface area contributed by atoms with E-state index >= 15 is 0 Å². The lowest BCUT2D eigenvalue weighted by Crippen LogP contribution is -2.45. The summed E-state index contributed by atoms with van der Waals surface area (Å²) in [6.45, 7) is 13.6. The van der Waals surface area contributed by atoms with Crippen molar-refractivity contribution >= 4 is 5.91 Å². The highest BCUT2D eigenvalue weighted by atomic mass is 16.2. The van der Waals surface area contributed by atoms with Crippen molar-refractivity contribution in [2.24, 2.45) is 11.8 Å². The summed E-state index contributed by atoms with van der Waals surface area (Å²) in [5.74, 6) is 1.33. The number of nitrogens with zero attached hydrogens (tertiary/aromatic N) is 1. The van der Waals surface area contributed by atoms with E-state index in [9.17, 15) is 4.79 Å². The van der Waals surface area contributed by atoms with Crippen LogP contribution in [-0.4, -0.2) is 49.6 Å². The minimum absolute atomic E-state index is 0.0839.